The van der Waals surface area contributed by atoms with E-state index in [-0.39, 0.29) is 30.6 Å². The molecule has 0 fully saturated rings. The van der Waals surface area contributed by atoms with Gasteiger partial charge < -0.3 is 21.5 Å². The van der Waals surface area contributed by atoms with Crippen LogP contribution in [0.1, 0.15) is 30.6 Å². The van der Waals surface area contributed by atoms with E-state index in [0.29, 0.717) is 22.9 Å². The van der Waals surface area contributed by atoms with E-state index in [1.807, 2.05) is 13.8 Å². The van der Waals surface area contributed by atoms with Gasteiger partial charge in [0.1, 0.15) is 11.4 Å². The lowest BCUT2D eigenvalue weighted by Crippen LogP contribution is -2.54. The number of amides is 1. The fourth-order valence-corrected chi connectivity index (χ4v) is 4.08. The van der Waals surface area contributed by atoms with Crippen molar-refractivity contribution in [2.45, 2.75) is 30.8 Å². The zero-order valence-corrected chi connectivity index (χ0v) is 20.0. The SMILES string of the molecule is CC1(C)N=C(N)N=C(N)N1c1ccc(OCCCNC(=O)c2cccc(S(=O)(=O)F)c2)c(Cl)c1. The summed E-state index contributed by atoms with van der Waals surface area (Å²) in [5, 5.41) is 2.97. The van der Waals surface area contributed by atoms with Crippen LogP contribution in [-0.4, -0.2) is 45.1 Å². The number of nitrogens with two attached hydrogens (primary N) is 2. The number of nitrogens with zero attached hydrogens (tertiary/aromatic N) is 3. The molecule has 0 spiro atoms. The molecule has 1 aliphatic heterocycles. The molecule has 0 aliphatic carbocycles. The highest BCUT2D eigenvalue weighted by atomic mass is 35.5. The first-order valence-corrected chi connectivity index (χ1v) is 11.9. The molecular weight excluding hydrogens is 487 g/mol. The molecule has 5 N–H and O–H groups in total. The highest BCUT2D eigenvalue weighted by Gasteiger charge is 2.33. The molecule has 10 nitrogen and oxygen atoms in total. The number of guanidine groups is 2. The van der Waals surface area contributed by atoms with Gasteiger partial charge in [0.15, 0.2) is 0 Å². The molecule has 1 aliphatic rings. The average Bonchev–Trinajstić information content (AvgIpc) is 2.72. The second-order valence-corrected chi connectivity index (χ2v) is 9.56. The smallest absolute Gasteiger partial charge is 0.332 e. The highest BCUT2D eigenvalue weighted by Crippen LogP contribution is 2.33. The zero-order chi connectivity index (χ0) is 25.1. The Morgan fingerprint density at radius 1 is 1.24 bits per heavy atom. The third-order valence-corrected chi connectivity index (χ3v) is 5.92. The molecule has 0 atom stereocenters. The molecule has 0 saturated heterocycles. The summed E-state index contributed by atoms with van der Waals surface area (Å²) in [6.45, 7) is 4.16. The molecule has 0 aromatic heterocycles. The largest absolute Gasteiger partial charge is 0.492 e. The van der Waals surface area contributed by atoms with E-state index in [1.54, 1.807) is 23.1 Å². The van der Waals surface area contributed by atoms with E-state index in [9.17, 15) is 17.1 Å². The van der Waals surface area contributed by atoms with Gasteiger partial charge in [-0.15, -0.1) is 3.89 Å². The van der Waals surface area contributed by atoms with Crippen LogP contribution in [0.5, 0.6) is 5.75 Å². The summed E-state index contributed by atoms with van der Waals surface area (Å²) in [5.74, 6) is 0.190. The molecule has 1 amide bonds. The molecule has 0 saturated carbocycles. The number of ether oxygens (including phenoxy) is 1. The van der Waals surface area contributed by atoms with Crippen molar-refractivity contribution in [3.63, 3.8) is 0 Å². The molecule has 0 radical (unpaired) electrons. The molecule has 1 heterocycles. The van der Waals surface area contributed by atoms with Crippen LogP contribution in [0.25, 0.3) is 0 Å². The lowest BCUT2D eigenvalue weighted by atomic mass is 10.1. The molecule has 3 rings (SSSR count). The number of carbonyl (C=O) groups excluding carboxylic acids is 1. The van der Waals surface area contributed by atoms with Crippen LogP contribution in [0.3, 0.4) is 0 Å². The van der Waals surface area contributed by atoms with E-state index in [1.165, 1.54) is 12.1 Å². The average molecular weight is 511 g/mol. The minimum absolute atomic E-state index is 0.0350. The van der Waals surface area contributed by atoms with Crippen LogP contribution in [0.4, 0.5) is 9.57 Å². The number of rotatable bonds is 8. The summed E-state index contributed by atoms with van der Waals surface area (Å²) in [4.78, 5) is 21.6. The first-order valence-electron chi connectivity index (χ1n) is 10.1. The fraction of sp³-hybridized carbons (Fsp3) is 0.286. The van der Waals surface area contributed by atoms with Gasteiger partial charge in [-0.25, -0.2) is 4.99 Å². The third-order valence-electron chi connectivity index (χ3n) is 4.81. The van der Waals surface area contributed by atoms with E-state index in [4.69, 9.17) is 27.8 Å². The van der Waals surface area contributed by atoms with Gasteiger partial charge >= 0.3 is 10.2 Å². The van der Waals surface area contributed by atoms with Crippen LogP contribution >= 0.6 is 11.6 Å². The zero-order valence-electron chi connectivity index (χ0n) is 18.5. The van der Waals surface area contributed by atoms with Crippen LogP contribution < -0.4 is 26.4 Å². The van der Waals surface area contributed by atoms with Gasteiger partial charge in [-0.05, 0) is 56.7 Å². The summed E-state index contributed by atoms with van der Waals surface area (Å²) >= 11 is 6.37. The maximum absolute atomic E-state index is 13.1. The number of aliphatic imine (C=N–C) groups is 2. The monoisotopic (exact) mass is 510 g/mol. The molecule has 0 bridgehead atoms. The van der Waals surface area contributed by atoms with Crippen molar-refractivity contribution >= 4 is 45.3 Å². The third kappa shape index (κ3) is 5.94. The summed E-state index contributed by atoms with van der Waals surface area (Å²) in [5.41, 5.74) is 11.7. The predicted molar refractivity (Wildman–Crippen MR) is 128 cm³/mol. The van der Waals surface area contributed by atoms with Crippen molar-refractivity contribution in [1.29, 1.82) is 0 Å². The summed E-state index contributed by atoms with van der Waals surface area (Å²) in [6, 6.07) is 9.85. The Bertz CT molecular complexity index is 1270. The Balaban J connectivity index is 1.53. The van der Waals surface area contributed by atoms with E-state index < -0.39 is 26.7 Å². The minimum Gasteiger partial charge on any atom is -0.492 e. The van der Waals surface area contributed by atoms with Gasteiger partial charge in [-0.2, -0.15) is 13.4 Å². The molecule has 2 aromatic rings. The molecule has 0 unspecified atom stereocenters. The lowest BCUT2D eigenvalue weighted by Gasteiger charge is -2.38. The number of halogens is 2. The molecule has 13 heteroatoms. The second-order valence-electron chi connectivity index (χ2n) is 7.81. The normalized spacial score (nSPS) is 15.4. The number of benzene rings is 2. The minimum atomic E-state index is -4.89. The van der Waals surface area contributed by atoms with Crippen molar-refractivity contribution in [1.82, 2.24) is 5.32 Å². The molecular formula is C21H24ClFN6O4S. The first-order chi connectivity index (χ1) is 15.9. The van der Waals surface area contributed by atoms with E-state index in [2.05, 4.69) is 15.3 Å². The standard InChI is InChI=1S/C21H24ClFN6O4S/c1-21(2)28-19(24)27-20(25)29(21)14-7-8-17(16(22)12-14)33-10-4-9-26-18(30)13-5-3-6-15(11-13)34(23,31)32/h3,5-8,11-12H,4,9-10H2,1-2H3,(H,26,30)(H4,24,25,27,28). The number of anilines is 1. The Morgan fingerprint density at radius 3 is 2.62 bits per heavy atom. The van der Waals surface area contributed by atoms with Crippen LogP contribution in [0.15, 0.2) is 57.3 Å². The first kappa shape index (κ1) is 25.2. The van der Waals surface area contributed by atoms with Crippen molar-refractivity contribution in [2.75, 3.05) is 18.1 Å². The number of carbonyl (C=O) groups is 1. The van der Waals surface area contributed by atoms with Crippen LogP contribution in [0, 0.1) is 0 Å². The summed E-state index contributed by atoms with van der Waals surface area (Å²) < 4.78 is 40.8. The highest BCUT2D eigenvalue weighted by molar-refractivity contribution is 7.86. The van der Waals surface area contributed by atoms with Crippen molar-refractivity contribution in [3.8, 4) is 5.75 Å². The topological polar surface area (TPSA) is 152 Å². The van der Waals surface area contributed by atoms with E-state index >= 15 is 0 Å². The fourth-order valence-electron chi connectivity index (χ4n) is 3.34. The van der Waals surface area contributed by atoms with Gasteiger partial charge in [-0.3, -0.25) is 9.69 Å². The lowest BCUT2D eigenvalue weighted by molar-refractivity contribution is 0.0951. The van der Waals surface area contributed by atoms with Gasteiger partial charge in [0.05, 0.1) is 16.5 Å². The second kappa shape index (κ2) is 9.85. The maximum Gasteiger partial charge on any atom is 0.332 e. The summed E-state index contributed by atoms with van der Waals surface area (Å²) in [6.07, 6.45) is 0.442. The Labute approximate surface area is 201 Å². The Hall–Kier alpha value is -3.38. The predicted octanol–water partition coefficient (Wildman–Crippen LogP) is 2.38. The maximum atomic E-state index is 13.1. The van der Waals surface area contributed by atoms with Gasteiger partial charge in [0.2, 0.25) is 11.9 Å². The van der Waals surface area contributed by atoms with Crippen molar-refractivity contribution in [3.05, 3.63) is 53.1 Å². The Morgan fingerprint density at radius 2 is 1.97 bits per heavy atom. The summed E-state index contributed by atoms with van der Waals surface area (Å²) in [7, 11) is -4.89. The van der Waals surface area contributed by atoms with Gasteiger partial charge in [0, 0.05) is 17.8 Å². The van der Waals surface area contributed by atoms with Gasteiger partial charge in [0.25, 0.3) is 5.91 Å². The number of nitrogens with one attached hydrogen (secondary N) is 1. The van der Waals surface area contributed by atoms with Crippen LogP contribution in [-0.2, 0) is 10.2 Å². The Kier molecular flexibility index (Phi) is 7.32. The van der Waals surface area contributed by atoms with E-state index in [0.717, 1.165) is 12.1 Å². The molecule has 182 valence electrons. The van der Waals surface area contributed by atoms with Crippen molar-refractivity contribution in [2.24, 2.45) is 21.5 Å². The van der Waals surface area contributed by atoms with Gasteiger partial charge in [-0.1, -0.05) is 17.7 Å². The number of hydrogen-bond acceptors (Lipinski definition) is 9. The molecule has 34 heavy (non-hydrogen) atoms. The van der Waals surface area contributed by atoms with Crippen LogP contribution in [0.2, 0.25) is 5.02 Å². The number of hydrogen-bond donors (Lipinski definition) is 3. The molecule has 2 aromatic carbocycles. The van der Waals surface area contributed by atoms with Crippen molar-refractivity contribution < 1.29 is 21.8 Å². The quantitative estimate of drug-likeness (QED) is 0.364.